The Morgan fingerprint density at radius 1 is 0.500 bits per heavy atom. The summed E-state index contributed by atoms with van der Waals surface area (Å²) in [5.41, 5.74) is 0. The Morgan fingerprint density at radius 2 is 0.844 bits per heavy atom. The number of hydrogen-bond acceptors (Lipinski definition) is 10. The Labute approximate surface area is 220 Å². The van der Waals surface area contributed by atoms with Crippen molar-refractivity contribution in [1.29, 1.82) is 0 Å². The quantitative estimate of drug-likeness (QED) is 0.124. The topological polar surface area (TPSA) is 40.6 Å². The van der Waals surface area contributed by atoms with Gasteiger partial charge in [-0.25, -0.2) is 8.61 Å². The van der Waals surface area contributed by atoms with E-state index in [-0.39, 0.29) is 8.89 Å². The maximum atomic E-state index is 12.1. The molecule has 2 aliphatic heterocycles. The van der Waals surface area contributed by atoms with Crippen LogP contribution in [-0.4, -0.2) is 55.2 Å². The zero-order chi connectivity index (χ0) is 22.7. The van der Waals surface area contributed by atoms with Gasteiger partial charge in [0, 0.05) is 61.6 Å². The normalized spacial score (nSPS) is 18.9. The van der Waals surface area contributed by atoms with Crippen LogP contribution in [0.3, 0.4) is 0 Å². The Bertz CT molecular complexity index is 455. The van der Waals surface area contributed by atoms with Crippen LogP contribution < -0.4 is 0 Å². The Hall–Kier alpha value is 1.36. The first-order valence-electron chi connectivity index (χ1n) is 12.3. The monoisotopic (exact) mass is 556 g/mol. The van der Waals surface area contributed by atoms with Crippen LogP contribution in [0.2, 0.25) is 0 Å². The third-order valence-electron chi connectivity index (χ3n) is 5.50. The molecule has 0 unspecified atom stereocenters. The standard InChI is InChI=1S/C22H40N2O2S6/c25-21(29-23-15-9-3-4-10-16-23)31-27-19-13-7-1-2-8-14-20-28-32-22(26)30-24-17-11-5-6-12-18-24/h1-20H2. The van der Waals surface area contributed by atoms with Gasteiger partial charge in [-0.1, -0.05) is 73.0 Å². The second-order valence-corrected chi connectivity index (χ2v) is 15.7. The van der Waals surface area contributed by atoms with Gasteiger partial charge in [0.15, 0.2) is 0 Å². The highest BCUT2D eigenvalue weighted by molar-refractivity contribution is 8.86. The third kappa shape index (κ3) is 16.1. The fraction of sp³-hybridized carbons (Fsp3) is 0.909. The van der Waals surface area contributed by atoms with Crippen LogP contribution >= 0.6 is 67.1 Å². The molecule has 0 radical (unpaired) electrons. The van der Waals surface area contributed by atoms with Crippen molar-refractivity contribution in [2.45, 2.75) is 89.9 Å². The SMILES string of the molecule is O=C(SSCCCCCCCCSSC(=O)SN1CCCCCC1)SN1CCCCCC1. The number of hydrogen-bond donors (Lipinski definition) is 0. The Balaban J connectivity index is 1.30. The molecule has 2 rings (SSSR count). The molecule has 0 aromatic rings. The average molecular weight is 557 g/mol. The largest absolute Gasteiger partial charge is 0.272 e. The highest BCUT2D eigenvalue weighted by Gasteiger charge is 2.15. The summed E-state index contributed by atoms with van der Waals surface area (Å²) < 4.78 is 5.00. The molecule has 0 atom stereocenters. The van der Waals surface area contributed by atoms with E-state index in [1.54, 1.807) is 21.6 Å². The zero-order valence-electron chi connectivity index (χ0n) is 19.3. The van der Waals surface area contributed by atoms with Crippen molar-refractivity contribution in [2.75, 3.05) is 37.7 Å². The van der Waals surface area contributed by atoms with Crippen molar-refractivity contribution in [1.82, 2.24) is 8.61 Å². The third-order valence-corrected chi connectivity index (χ3v) is 12.7. The lowest BCUT2D eigenvalue weighted by atomic mass is 10.1. The van der Waals surface area contributed by atoms with E-state index >= 15 is 0 Å². The number of carbonyl (C=O) groups excluding carboxylic acids is 2. The molecule has 186 valence electrons. The average Bonchev–Trinajstić information content (AvgIpc) is 3.19. The minimum Gasteiger partial charge on any atom is -0.272 e. The summed E-state index contributed by atoms with van der Waals surface area (Å²) in [6.07, 6.45) is 17.6. The van der Waals surface area contributed by atoms with Crippen molar-refractivity contribution < 1.29 is 9.59 Å². The lowest BCUT2D eigenvalue weighted by Gasteiger charge is -2.16. The molecule has 0 N–H and O–H groups in total. The zero-order valence-corrected chi connectivity index (χ0v) is 24.2. The van der Waals surface area contributed by atoms with E-state index < -0.39 is 0 Å². The predicted octanol–water partition coefficient (Wildman–Crippen LogP) is 9.38. The van der Waals surface area contributed by atoms with Gasteiger partial charge in [-0.05, 0) is 60.1 Å². The van der Waals surface area contributed by atoms with E-state index in [0.29, 0.717) is 0 Å². The lowest BCUT2D eigenvalue weighted by molar-refractivity contribution is 0.275. The summed E-state index contributed by atoms with van der Waals surface area (Å²) in [4.78, 5) is 24.1. The highest BCUT2D eigenvalue weighted by atomic mass is 33.1. The number of unbranched alkanes of at least 4 members (excludes halogenated alkanes) is 5. The molecular weight excluding hydrogens is 517 g/mol. The van der Waals surface area contributed by atoms with E-state index in [4.69, 9.17) is 0 Å². The summed E-state index contributed by atoms with van der Waals surface area (Å²) in [7, 11) is 6.30. The summed E-state index contributed by atoms with van der Waals surface area (Å²) in [5.74, 6) is 2.14. The van der Waals surface area contributed by atoms with Crippen LogP contribution in [0.4, 0.5) is 9.59 Å². The minimum absolute atomic E-state index is 0.246. The molecule has 0 spiro atoms. The van der Waals surface area contributed by atoms with Crippen LogP contribution in [0.25, 0.3) is 0 Å². The van der Waals surface area contributed by atoms with Crippen molar-refractivity contribution in [3.63, 3.8) is 0 Å². The summed E-state index contributed by atoms with van der Waals surface area (Å²) in [6.45, 7) is 4.25. The van der Waals surface area contributed by atoms with Crippen LogP contribution in [0, 0.1) is 0 Å². The molecule has 10 heteroatoms. The van der Waals surface area contributed by atoms with Gasteiger partial charge in [-0.3, -0.25) is 9.59 Å². The predicted molar refractivity (Wildman–Crippen MR) is 154 cm³/mol. The second-order valence-electron chi connectivity index (χ2n) is 8.30. The van der Waals surface area contributed by atoms with E-state index in [2.05, 4.69) is 8.61 Å². The number of carbonyl (C=O) groups is 2. The molecule has 4 nitrogen and oxygen atoms in total. The van der Waals surface area contributed by atoms with Crippen molar-refractivity contribution in [3.05, 3.63) is 0 Å². The lowest BCUT2D eigenvalue weighted by Crippen LogP contribution is -2.17. The fourth-order valence-electron chi connectivity index (χ4n) is 3.72. The first kappa shape index (κ1) is 29.6. The van der Waals surface area contributed by atoms with Gasteiger partial charge in [0.1, 0.15) is 0 Å². The van der Waals surface area contributed by atoms with Crippen molar-refractivity contribution in [2.24, 2.45) is 0 Å². The van der Waals surface area contributed by atoms with E-state index in [1.807, 2.05) is 0 Å². The first-order chi connectivity index (χ1) is 15.7. The van der Waals surface area contributed by atoms with Crippen LogP contribution in [0.1, 0.15) is 89.9 Å². The molecule has 2 aliphatic rings. The fourth-order valence-corrected chi connectivity index (χ4v) is 10.1. The molecule has 32 heavy (non-hydrogen) atoms. The molecule has 0 aromatic heterocycles. The van der Waals surface area contributed by atoms with Gasteiger partial charge in [0.05, 0.1) is 0 Å². The van der Waals surface area contributed by atoms with Gasteiger partial charge >= 0.3 is 0 Å². The van der Waals surface area contributed by atoms with Crippen LogP contribution in [0.5, 0.6) is 0 Å². The molecular formula is C22H40N2O2S6. The molecule has 2 heterocycles. The molecule has 0 amide bonds. The number of nitrogens with zero attached hydrogens (tertiary/aromatic N) is 2. The van der Waals surface area contributed by atoms with E-state index in [1.165, 1.54) is 135 Å². The maximum Gasteiger partial charge on any atom is 0.271 e. The molecule has 0 aromatic carbocycles. The summed E-state index contributed by atoms with van der Waals surface area (Å²) in [6, 6.07) is 0. The van der Waals surface area contributed by atoms with E-state index in [0.717, 1.165) is 37.7 Å². The van der Waals surface area contributed by atoms with Gasteiger partial charge in [-0.15, -0.1) is 0 Å². The minimum atomic E-state index is 0.246. The summed E-state index contributed by atoms with van der Waals surface area (Å²) in [5, 5.41) is 0. The summed E-state index contributed by atoms with van der Waals surface area (Å²) >= 11 is 2.87. The van der Waals surface area contributed by atoms with Gasteiger partial charge in [-0.2, -0.15) is 0 Å². The van der Waals surface area contributed by atoms with Crippen molar-refractivity contribution >= 4 is 76.0 Å². The molecule has 2 saturated heterocycles. The van der Waals surface area contributed by atoms with Gasteiger partial charge in [0.25, 0.3) is 8.89 Å². The van der Waals surface area contributed by atoms with Gasteiger partial charge in [0.2, 0.25) is 0 Å². The molecule has 0 bridgehead atoms. The Morgan fingerprint density at radius 3 is 1.22 bits per heavy atom. The molecule has 0 saturated carbocycles. The van der Waals surface area contributed by atoms with Crippen LogP contribution in [0.15, 0.2) is 0 Å². The van der Waals surface area contributed by atoms with E-state index in [9.17, 15) is 9.59 Å². The molecule has 0 aliphatic carbocycles. The Kier molecular flexibility index (Phi) is 19.0. The number of rotatable bonds is 13. The second kappa shape index (κ2) is 20.5. The first-order valence-corrected chi connectivity index (χ1v) is 18.5. The van der Waals surface area contributed by atoms with Gasteiger partial charge < -0.3 is 0 Å². The van der Waals surface area contributed by atoms with Crippen molar-refractivity contribution in [3.8, 4) is 0 Å². The smallest absolute Gasteiger partial charge is 0.271 e. The highest BCUT2D eigenvalue weighted by Crippen LogP contribution is 2.33. The maximum absolute atomic E-state index is 12.1. The van der Waals surface area contributed by atoms with Crippen LogP contribution in [-0.2, 0) is 0 Å². The molecule has 2 fully saturated rings.